The Labute approximate surface area is 438 Å². The van der Waals surface area contributed by atoms with E-state index in [1.54, 1.807) is 35.4 Å². The van der Waals surface area contributed by atoms with Crippen LogP contribution >= 0.6 is 0 Å². The molecule has 4 aliphatic rings. The third kappa shape index (κ3) is 11.5. The molecule has 4 amide bonds. The molecule has 0 radical (unpaired) electrons. The van der Waals surface area contributed by atoms with Crippen LogP contribution < -0.4 is 34.6 Å². The number of aliphatic imine (C=N–C) groups is 1. The summed E-state index contributed by atoms with van der Waals surface area (Å²) < 4.78 is 18.6. The molecule has 74 heavy (non-hydrogen) atoms. The summed E-state index contributed by atoms with van der Waals surface area (Å²) in [6.07, 6.45) is 7.61. The molecular weight excluding hydrogens is 975 g/mol. The summed E-state index contributed by atoms with van der Waals surface area (Å²) in [6.45, 7) is 5.90. The molecule has 3 atom stereocenters. The number of aryl methyl sites for hydroxylation is 2. The molecule has 384 valence electrons. The Morgan fingerprint density at radius 1 is 0.730 bits per heavy atom. The first-order chi connectivity index (χ1) is 35.5. The number of benzene rings is 5. The van der Waals surface area contributed by atoms with Crippen LogP contribution in [0.3, 0.4) is 0 Å². The minimum atomic E-state index is -0.412. The summed E-state index contributed by atoms with van der Waals surface area (Å²) in [5.41, 5.74) is 9.20. The van der Waals surface area contributed by atoms with E-state index in [9.17, 15) is 28.8 Å². The van der Waals surface area contributed by atoms with Crippen molar-refractivity contribution in [2.45, 2.75) is 115 Å². The van der Waals surface area contributed by atoms with E-state index in [-0.39, 0.29) is 95.1 Å². The number of carbonyl (C=O) groups excluding carboxylic acids is 6. The molecule has 9 rings (SSSR count). The topological polar surface area (TPSA) is 173 Å². The number of rotatable bonds is 20. The van der Waals surface area contributed by atoms with Gasteiger partial charge in [0.1, 0.15) is 24.7 Å². The van der Waals surface area contributed by atoms with Gasteiger partial charge in [-0.2, -0.15) is 0 Å². The largest absolute Gasteiger partial charge is 0.493 e. The number of nitrogens with one attached hydrogen (secondary N) is 2. The van der Waals surface area contributed by atoms with E-state index in [4.69, 9.17) is 30.4 Å². The van der Waals surface area contributed by atoms with Gasteiger partial charge in [-0.1, -0.05) is 61.4 Å². The average molecular weight is 1040 g/mol. The lowest BCUT2D eigenvalue weighted by Crippen LogP contribution is -2.37. The number of hydrogen-bond acceptors (Lipinski definition) is 11. The van der Waals surface area contributed by atoms with Crippen molar-refractivity contribution in [2.24, 2.45) is 4.99 Å². The van der Waals surface area contributed by atoms with Gasteiger partial charge in [0.25, 0.3) is 11.8 Å². The van der Waals surface area contributed by atoms with Crippen molar-refractivity contribution in [3.63, 3.8) is 0 Å². The maximum Gasteiger partial charge on any atom is 0.261 e. The van der Waals surface area contributed by atoms with Crippen LogP contribution in [0, 0.1) is 6.92 Å². The van der Waals surface area contributed by atoms with E-state index in [1.165, 1.54) is 12.7 Å². The predicted octanol–water partition coefficient (Wildman–Crippen LogP) is 8.99. The Morgan fingerprint density at radius 2 is 1.38 bits per heavy atom. The van der Waals surface area contributed by atoms with Crippen molar-refractivity contribution < 1.29 is 43.0 Å². The summed E-state index contributed by atoms with van der Waals surface area (Å²) in [4.78, 5) is 87.8. The number of para-hydroxylation sites is 2. The molecular formula is C58H61N5O9S2. The number of ether oxygens (including phenoxy) is 3. The number of nitrogens with zero attached hydrogens (tertiary/aromatic N) is 3. The molecule has 5 aromatic carbocycles. The van der Waals surface area contributed by atoms with Gasteiger partial charge in [-0.25, -0.2) is 0 Å². The Bertz CT molecular complexity index is 3130. The highest BCUT2D eigenvalue weighted by Gasteiger charge is 2.38. The van der Waals surface area contributed by atoms with E-state index in [0.717, 1.165) is 47.3 Å². The quantitative estimate of drug-likeness (QED) is 0.0767. The van der Waals surface area contributed by atoms with E-state index < -0.39 is 11.8 Å². The fraction of sp³-hybridized carbons (Fsp3) is 0.362. The number of fused-ring (bicyclic) bond motifs is 8. The van der Waals surface area contributed by atoms with E-state index in [1.807, 2.05) is 92.6 Å². The van der Waals surface area contributed by atoms with Gasteiger partial charge in [0.2, 0.25) is 11.8 Å². The molecule has 0 spiro atoms. The van der Waals surface area contributed by atoms with Crippen LogP contribution in [0.4, 0.5) is 22.7 Å². The van der Waals surface area contributed by atoms with Crippen molar-refractivity contribution >= 4 is 84.8 Å². The third-order valence-corrected chi connectivity index (χ3v) is 17.6. The maximum absolute atomic E-state index is 14.1. The van der Waals surface area contributed by atoms with Crippen LogP contribution in [-0.4, -0.2) is 78.2 Å². The fourth-order valence-corrected chi connectivity index (χ4v) is 10.7. The first-order valence-corrected chi connectivity index (χ1v) is 27.7. The highest BCUT2D eigenvalue weighted by molar-refractivity contribution is 8.29. The summed E-state index contributed by atoms with van der Waals surface area (Å²) in [6, 6.07) is 28.6. The Balaban J connectivity index is 0.879. The molecule has 0 fully saturated rings. The van der Waals surface area contributed by atoms with Crippen LogP contribution in [0.1, 0.15) is 113 Å². The van der Waals surface area contributed by atoms with Gasteiger partial charge in [0, 0.05) is 84.2 Å². The van der Waals surface area contributed by atoms with Crippen LogP contribution in [-0.2, 0) is 72.3 Å². The van der Waals surface area contributed by atoms with Crippen molar-refractivity contribution in [3.05, 3.63) is 136 Å². The molecule has 0 saturated heterocycles. The number of carbonyl (C=O) groups is 6. The zero-order chi connectivity index (χ0) is 52.3. The first kappa shape index (κ1) is 51.8. The Morgan fingerprint density at radius 3 is 2.09 bits per heavy atom. The third-order valence-electron chi connectivity index (χ3n) is 14.5. The summed E-state index contributed by atoms with van der Waals surface area (Å²) in [5, 5.41) is 5.52. The molecule has 14 nitrogen and oxygen atoms in total. The van der Waals surface area contributed by atoms with Gasteiger partial charge in [-0.3, -0.25) is 38.7 Å². The second-order valence-corrected chi connectivity index (χ2v) is 23.6. The Hall–Kier alpha value is -7.04. The van der Waals surface area contributed by atoms with Crippen molar-refractivity contribution in [3.8, 4) is 17.2 Å². The molecule has 1 unspecified atom stereocenters. The van der Waals surface area contributed by atoms with Gasteiger partial charge in [0.05, 0.1) is 30.9 Å². The van der Waals surface area contributed by atoms with Gasteiger partial charge >= 0.3 is 0 Å². The van der Waals surface area contributed by atoms with E-state index >= 15 is 0 Å². The minimum Gasteiger partial charge on any atom is -0.493 e. The fourth-order valence-electron chi connectivity index (χ4n) is 10.0. The highest BCUT2D eigenvalue weighted by atomic mass is 32.8. The number of amides is 4. The molecule has 0 bridgehead atoms. The lowest BCUT2D eigenvalue weighted by atomic mass is 9.98. The lowest BCUT2D eigenvalue weighted by molar-refractivity contribution is -0.127. The predicted molar refractivity (Wildman–Crippen MR) is 291 cm³/mol. The highest BCUT2D eigenvalue weighted by Crippen LogP contribution is 2.42. The summed E-state index contributed by atoms with van der Waals surface area (Å²) >= 11 is 5.41. The van der Waals surface area contributed by atoms with Gasteiger partial charge < -0.3 is 29.7 Å². The zero-order valence-corrected chi connectivity index (χ0v) is 44.1. The van der Waals surface area contributed by atoms with E-state index in [2.05, 4.69) is 16.7 Å². The maximum atomic E-state index is 14.1. The van der Waals surface area contributed by atoms with Crippen molar-refractivity contribution in [2.75, 3.05) is 35.0 Å². The van der Waals surface area contributed by atoms with Gasteiger partial charge in [-0.15, -0.1) is 9.45 Å². The lowest BCUT2D eigenvalue weighted by Gasteiger charge is -2.23. The smallest absolute Gasteiger partial charge is 0.261 e. The Kier molecular flexibility index (Phi) is 15.6. The number of methoxy groups -OCH3 is 1. The molecule has 0 aliphatic carbocycles. The average Bonchev–Trinajstić information content (AvgIpc) is 3.89. The van der Waals surface area contributed by atoms with Crippen molar-refractivity contribution in [1.29, 1.82) is 0 Å². The molecule has 0 saturated carbocycles. The molecule has 4 aliphatic heterocycles. The SMILES string of the molecule is COc1cc2c(cc1OCc1cc(COc3cc4c(cc3C)C(=O)N3c5ccccc5C[C@H]3CC4)cc(NC(=O)CCC(=O)CNC(=O)CCC(=O)CCC(C)(C)S(C)=S)c1)N=C[C@@H]1Cc3ccccc3N1C2=O. The van der Waals surface area contributed by atoms with Gasteiger partial charge in [-0.05, 0) is 121 Å². The second kappa shape index (κ2) is 22.2. The van der Waals surface area contributed by atoms with Crippen LogP contribution in [0.25, 0.3) is 0 Å². The monoisotopic (exact) mass is 1040 g/mol. The molecule has 4 heterocycles. The van der Waals surface area contributed by atoms with Crippen LogP contribution in [0.5, 0.6) is 17.2 Å². The minimum absolute atomic E-state index is 0.00458. The van der Waals surface area contributed by atoms with Crippen LogP contribution in [0.15, 0.2) is 96.0 Å². The second-order valence-electron chi connectivity index (χ2n) is 20.1. The summed E-state index contributed by atoms with van der Waals surface area (Å²) in [7, 11) is 1.25. The number of anilines is 3. The van der Waals surface area contributed by atoms with Crippen molar-refractivity contribution in [1.82, 2.24) is 5.32 Å². The van der Waals surface area contributed by atoms with Crippen LogP contribution in [0.2, 0.25) is 0 Å². The number of ketones is 2. The molecule has 0 aromatic heterocycles. The normalized spacial score (nSPS) is 16.6. The molecule has 16 heteroatoms. The zero-order valence-electron chi connectivity index (χ0n) is 42.4. The number of hydrogen-bond donors (Lipinski definition) is 2. The number of Topliss-reactive ketones (excluding diaryl/α,β-unsaturated/α-hetero) is 2. The molecule has 5 aromatic rings. The van der Waals surface area contributed by atoms with Gasteiger partial charge in [0.15, 0.2) is 17.3 Å². The molecule has 2 N–H and O–H groups in total. The first-order valence-electron chi connectivity index (χ1n) is 25.1. The summed E-state index contributed by atoms with van der Waals surface area (Å²) in [5.74, 6) is -0.00210. The van der Waals surface area contributed by atoms with E-state index in [0.29, 0.717) is 70.1 Å². The standard InChI is InChI=1S/C58H61N5O9S2/c1-35-22-46-38(14-15-42-26-39-10-6-8-12-49(39)62(42)56(46)68)28-51(35)71-33-36-23-37(25-41(24-36)61-55(67)19-17-45(65)32-60-54(66)18-16-44(64)20-21-58(2,3)74(5)73)34-72-53-30-48-47(29-52(53)70-4)57(69)63-43(31-59-48)27-40-11-7-9-13-50(40)63/h6-13,22-25,28-31,42-43H,14-21,26-27,32-34H2,1-5H3,(H,60,66)(H,61,67)/t42-,43+,74?/m1/s1.